The van der Waals surface area contributed by atoms with E-state index in [0.717, 1.165) is 10.5 Å². The van der Waals surface area contributed by atoms with Gasteiger partial charge in [0.05, 0.1) is 17.3 Å². The van der Waals surface area contributed by atoms with E-state index in [1.807, 2.05) is 6.92 Å². The second-order valence-electron chi connectivity index (χ2n) is 7.91. The van der Waals surface area contributed by atoms with Crippen LogP contribution < -0.4 is 20.6 Å². The van der Waals surface area contributed by atoms with Gasteiger partial charge in [-0.1, -0.05) is 53.6 Å². The number of aryl methyl sites for hydroxylation is 2. The fourth-order valence-corrected chi connectivity index (χ4v) is 3.75. The molecule has 0 aromatic heterocycles. The molecule has 35 heavy (non-hydrogen) atoms. The van der Waals surface area contributed by atoms with Crippen LogP contribution >= 0.6 is 11.6 Å². The van der Waals surface area contributed by atoms with Crippen molar-refractivity contribution in [1.82, 2.24) is 0 Å². The number of anilines is 3. The van der Waals surface area contributed by atoms with Gasteiger partial charge in [-0.3, -0.25) is 14.4 Å². The summed E-state index contributed by atoms with van der Waals surface area (Å²) in [5.74, 6) is -3.28. The summed E-state index contributed by atoms with van der Waals surface area (Å²) in [6.07, 6.45) is 0. The minimum Gasteiger partial charge on any atom is -0.545 e. The third kappa shape index (κ3) is 4.64. The summed E-state index contributed by atoms with van der Waals surface area (Å²) in [6.45, 7) is 3.64. The van der Waals surface area contributed by atoms with Crippen LogP contribution in [0.4, 0.5) is 17.1 Å². The van der Waals surface area contributed by atoms with Crippen LogP contribution in [-0.2, 0) is 9.59 Å². The van der Waals surface area contributed by atoms with Gasteiger partial charge in [0.2, 0.25) is 0 Å². The number of hydrogen-bond acceptors (Lipinski definition) is 6. The molecule has 3 aromatic rings. The fraction of sp³-hybridized carbons (Fsp3) is 0.0769. The number of carboxylic acids is 1. The topological polar surface area (TPSA) is 119 Å². The number of rotatable bonds is 6. The molecule has 176 valence electrons. The van der Waals surface area contributed by atoms with E-state index in [-0.39, 0.29) is 27.5 Å². The number of benzene rings is 3. The lowest BCUT2D eigenvalue weighted by molar-refractivity contribution is -0.254. The molecule has 0 atom stereocenters. The fourth-order valence-electron chi connectivity index (χ4n) is 3.54. The normalized spacial score (nSPS) is 13.3. The molecule has 9 heteroatoms. The Hall–Kier alpha value is -4.43. The van der Waals surface area contributed by atoms with Crippen LogP contribution in [0.5, 0.6) is 0 Å². The summed E-state index contributed by atoms with van der Waals surface area (Å²) in [5, 5.41) is 16.5. The van der Waals surface area contributed by atoms with E-state index in [2.05, 4.69) is 10.6 Å². The molecule has 0 saturated carbocycles. The van der Waals surface area contributed by atoms with Gasteiger partial charge >= 0.3 is 0 Å². The number of aromatic carboxylic acids is 1. The average molecular weight is 489 g/mol. The zero-order chi connectivity index (χ0) is 25.3. The molecule has 8 nitrogen and oxygen atoms in total. The summed E-state index contributed by atoms with van der Waals surface area (Å²) in [4.78, 5) is 50.9. The van der Waals surface area contributed by atoms with E-state index >= 15 is 0 Å². The van der Waals surface area contributed by atoms with Crippen molar-refractivity contribution in [1.29, 1.82) is 0 Å². The Labute approximate surface area is 205 Å². The molecule has 1 heterocycles. The number of nitrogens with one attached hydrogen (secondary N) is 2. The Morgan fingerprint density at radius 1 is 0.886 bits per heavy atom. The number of nitrogens with zero attached hydrogens (tertiary/aromatic N) is 1. The maximum Gasteiger partial charge on any atom is 0.283 e. The van der Waals surface area contributed by atoms with E-state index in [9.17, 15) is 24.3 Å². The average Bonchev–Trinajstić information content (AvgIpc) is 3.04. The maximum absolute atomic E-state index is 13.0. The van der Waals surface area contributed by atoms with Crippen molar-refractivity contribution in [3.63, 3.8) is 0 Å². The van der Waals surface area contributed by atoms with E-state index in [4.69, 9.17) is 11.6 Å². The van der Waals surface area contributed by atoms with Gasteiger partial charge in [0.25, 0.3) is 17.7 Å². The number of imide groups is 1. The molecule has 0 spiro atoms. The lowest BCUT2D eigenvalue weighted by Crippen LogP contribution is -2.32. The molecule has 1 aliphatic rings. The molecule has 0 bridgehead atoms. The number of halogens is 1. The molecule has 0 unspecified atom stereocenters. The van der Waals surface area contributed by atoms with Gasteiger partial charge in [-0.05, 0) is 49.7 Å². The smallest absolute Gasteiger partial charge is 0.283 e. The van der Waals surface area contributed by atoms with Crippen LogP contribution in [0.2, 0.25) is 0 Å². The van der Waals surface area contributed by atoms with Crippen LogP contribution in [0.3, 0.4) is 0 Å². The monoisotopic (exact) mass is 488 g/mol. The third-order valence-corrected chi connectivity index (χ3v) is 5.82. The summed E-state index contributed by atoms with van der Waals surface area (Å²) >= 11 is 6.22. The predicted molar refractivity (Wildman–Crippen MR) is 130 cm³/mol. The first-order valence-corrected chi connectivity index (χ1v) is 10.9. The molecule has 1 aliphatic heterocycles. The molecule has 2 N–H and O–H groups in total. The van der Waals surface area contributed by atoms with E-state index in [0.29, 0.717) is 16.9 Å². The SMILES string of the molecule is Cc1ccc(N2C(=O)C(Cl)=C(Nc3cc(C(=O)Nc4ccccc4C(=O)[O-])ccc3C)C2=O)cc1. The van der Waals surface area contributed by atoms with Crippen LogP contribution in [0.1, 0.15) is 31.8 Å². The minimum absolute atomic E-state index is 0.0867. The van der Waals surface area contributed by atoms with E-state index < -0.39 is 23.7 Å². The van der Waals surface area contributed by atoms with Crippen molar-refractivity contribution in [3.05, 3.63) is 99.7 Å². The van der Waals surface area contributed by atoms with E-state index in [1.165, 1.54) is 24.3 Å². The molecule has 0 fully saturated rings. The summed E-state index contributed by atoms with van der Waals surface area (Å²) < 4.78 is 0. The predicted octanol–water partition coefficient (Wildman–Crippen LogP) is 3.35. The van der Waals surface area contributed by atoms with Gasteiger partial charge in [0.1, 0.15) is 10.7 Å². The maximum atomic E-state index is 13.0. The number of carbonyl (C=O) groups is 4. The van der Waals surface area contributed by atoms with Gasteiger partial charge in [0, 0.05) is 16.8 Å². The Balaban J connectivity index is 1.59. The second-order valence-corrected chi connectivity index (χ2v) is 8.29. The highest BCUT2D eigenvalue weighted by atomic mass is 35.5. The number of carbonyl (C=O) groups excluding carboxylic acids is 4. The zero-order valence-corrected chi connectivity index (χ0v) is 19.5. The zero-order valence-electron chi connectivity index (χ0n) is 18.7. The third-order valence-electron chi connectivity index (χ3n) is 5.47. The molecule has 0 radical (unpaired) electrons. The highest BCUT2D eigenvalue weighted by Crippen LogP contribution is 2.31. The van der Waals surface area contributed by atoms with E-state index in [1.54, 1.807) is 49.4 Å². The molecular formula is C26H19ClN3O5-. The van der Waals surface area contributed by atoms with Crippen LogP contribution in [0.25, 0.3) is 0 Å². The first kappa shape index (κ1) is 23.7. The molecular weight excluding hydrogens is 470 g/mol. The quantitative estimate of drug-likeness (QED) is 0.514. The highest BCUT2D eigenvalue weighted by molar-refractivity contribution is 6.53. The van der Waals surface area contributed by atoms with Crippen molar-refractivity contribution in [2.45, 2.75) is 13.8 Å². The Bertz CT molecular complexity index is 1410. The lowest BCUT2D eigenvalue weighted by Gasteiger charge is -2.16. The summed E-state index contributed by atoms with van der Waals surface area (Å²) in [7, 11) is 0. The first-order valence-electron chi connectivity index (χ1n) is 10.5. The van der Waals surface area contributed by atoms with Crippen LogP contribution in [0.15, 0.2) is 77.5 Å². The summed E-state index contributed by atoms with van der Waals surface area (Å²) in [6, 6.07) is 17.4. The molecule has 0 aliphatic carbocycles. The number of para-hydroxylation sites is 1. The molecule has 3 aromatic carbocycles. The first-order chi connectivity index (χ1) is 16.7. The van der Waals surface area contributed by atoms with Gasteiger partial charge < -0.3 is 20.5 Å². The number of carboxylic acid groups (broad SMARTS) is 1. The Morgan fingerprint density at radius 3 is 2.26 bits per heavy atom. The van der Waals surface area contributed by atoms with Crippen molar-refractivity contribution in [2.24, 2.45) is 0 Å². The second kappa shape index (κ2) is 9.44. The van der Waals surface area contributed by atoms with Crippen molar-refractivity contribution < 1.29 is 24.3 Å². The standard InChI is InChI=1S/C26H20ClN3O5/c1-14-7-11-17(12-8-14)30-24(32)21(27)22(25(30)33)28-20-13-16(10-9-15(20)2)23(31)29-19-6-4-3-5-18(19)26(34)35/h3-13,28H,1-2H3,(H,29,31)(H,34,35)/p-1. The van der Waals surface area contributed by atoms with Gasteiger partial charge in [0.15, 0.2) is 0 Å². The highest BCUT2D eigenvalue weighted by Gasteiger charge is 2.39. The largest absolute Gasteiger partial charge is 0.545 e. The van der Waals surface area contributed by atoms with Gasteiger partial charge in [-0.25, -0.2) is 4.90 Å². The Kier molecular flexibility index (Phi) is 6.40. The van der Waals surface area contributed by atoms with Crippen molar-refractivity contribution >= 4 is 52.4 Å². The molecule has 4 rings (SSSR count). The van der Waals surface area contributed by atoms with Gasteiger partial charge in [-0.15, -0.1) is 0 Å². The lowest BCUT2D eigenvalue weighted by atomic mass is 10.1. The minimum atomic E-state index is -1.42. The van der Waals surface area contributed by atoms with Crippen molar-refractivity contribution in [3.8, 4) is 0 Å². The molecule has 3 amide bonds. The van der Waals surface area contributed by atoms with Crippen molar-refractivity contribution in [2.75, 3.05) is 15.5 Å². The number of amides is 3. The molecule has 0 saturated heterocycles. The Morgan fingerprint density at radius 2 is 1.57 bits per heavy atom. The number of hydrogen-bond donors (Lipinski definition) is 2. The van der Waals surface area contributed by atoms with Crippen LogP contribution in [-0.4, -0.2) is 23.7 Å². The summed E-state index contributed by atoms with van der Waals surface area (Å²) in [5.41, 5.74) is 2.43. The van der Waals surface area contributed by atoms with Gasteiger partial charge in [-0.2, -0.15) is 0 Å². The van der Waals surface area contributed by atoms with Crippen LogP contribution in [0, 0.1) is 13.8 Å².